The zero-order valence-corrected chi connectivity index (χ0v) is 14.2. The number of amides is 1. The van der Waals surface area contributed by atoms with Crippen LogP contribution in [0.5, 0.6) is 11.5 Å². The van der Waals surface area contributed by atoms with Crippen molar-refractivity contribution >= 4 is 23.2 Å². The van der Waals surface area contributed by atoms with Gasteiger partial charge in [-0.15, -0.1) is 0 Å². The highest BCUT2D eigenvalue weighted by atomic mass is 35.5. The van der Waals surface area contributed by atoms with Crippen LogP contribution >= 0.6 is 11.6 Å². The van der Waals surface area contributed by atoms with Crippen LogP contribution in [0, 0.1) is 6.92 Å². The normalized spacial score (nSPS) is 10.3. The molecule has 0 saturated carbocycles. The van der Waals surface area contributed by atoms with E-state index in [0.29, 0.717) is 35.1 Å². The van der Waals surface area contributed by atoms with Gasteiger partial charge in [0.2, 0.25) is 5.91 Å². The molecule has 5 heteroatoms. The molecule has 0 aromatic heterocycles. The van der Waals surface area contributed by atoms with Crippen molar-refractivity contribution in [2.75, 3.05) is 19.5 Å². The fraction of sp³-hybridized carbons (Fsp3) is 0.278. The Kier molecular flexibility index (Phi) is 5.88. The molecule has 0 aliphatic rings. The van der Waals surface area contributed by atoms with Crippen molar-refractivity contribution in [3.8, 4) is 11.5 Å². The lowest BCUT2D eigenvalue weighted by atomic mass is 10.1. The first-order valence-corrected chi connectivity index (χ1v) is 7.68. The van der Waals surface area contributed by atoms with E-state index in [0.717, 1.165) is 5.56 Å². The summed E-state index contributed by atoms with van der Waals surface area (Å²) in [7, 11) is 3.06. The van der Waals surface area contributed by atoms with Crippen LogP contribution in [-0.2, 0) is 11.2 Å². The Morgan fingerprint density at radius 1 is 1.13 bits per heavy atom. The maximum atomic E-state index is 12.2. The van der Waals surface area contributed by atoms with Crippen LogP contribution in [0.2, 0.25) is 5.02 Å². The summed E-state index contributed by atoms with van der Waals surface area (Å²) in [6.45, 7) is 2.04. The molecule has 2 aromatic rings. The summed E-state index contributed by atoms with van der Waals surface area (Å²) in [4.78, 5) is 12.2. The van der Waals surface area contributed by atoms with Gasteiger partial charge in [0.25, 0.3) is 0 Å². The lowest BCUT2D eigenvalue weighted by Crippen LogP contribution is -2.13. The van der Waals surface area contributed by atoms with Crippen molar-refractivity contribution in [2.45, 2.75) is 19.8 Å². The standard InChI is InChI=1S/C18H20ClNO3/c1-12-5-4-6-13(9-12)7-8-18(21)20-15-10-14(19)16(22-2)11-17(15)23-3/h4-6,9-11H,7-8H2,1-3H3,(H,20,21). The Morgan fingerprint density at radius 3 is 2.52 bits per heavy atom. The van der Waals surface area contributed by atoms with E-state index in [2.05, 4.69) is 11.4 Å². The monoisotopic (exact) mass is 333 g/mol. The third-order valence-corrected chi connectivity index (χ3v) is 3.77. The molecule has 122 valence electrons. The molecule has 0 saturated heterocycles. The number of methoxy groups -OCH3 is 2. The Balaban J connectivity index is 2.03. The number of carbonyl (C=O) groups excluding carboxylic acids is 1. The fourth-order valence-electron chi connectivity index (χ4n) is 2.30. The number of carbonyl (C=O) groups is 1. The van der Waals surface area contributed by atoms with Crippen LogP contribution in [0.25, 0.3) is 0 Å². The molecule has 1 N–H and O–H groups in total. The highest BCUT2D eigenvalue weighted by Gasteiger charge is 2.12. The van der Waals surface area contributed by atoms with Crippen LogP contribution in [0.4, 0.5) is 5.69 Å². The number of nitrogens with one attached hydrogen (secondary N) is 1. The van der Waals surface area contributed by atoms with Crippen LogP contribution < -0.4 is 14.8 Å². The minimum absolute atomic E-state index is 0.0916. The summed E-state index contributed by atoms with van der Waals surface area (Å²) in [5.41, 5.74) is 2.86. The van der Waals surface area contributed by atoms with E-state index < -0.39 is 0 Å². The Bertz CT molecular complexity index is 701. The van der Waals surface area contributed by atoms with Crippen molar-refractivity contribution in [1.82, 2.24) is 0 Å². The summed E-state index contributed by atoms with van der Waals surface area (Å²) in [6, 6.07) is 11.4. The number of halogens is 1. The third-order valence-electron chi connectivity index (χ3n) is 3.47. The van der Waals surface area contributed by atoms with Gasteiger partial charge in [0, 0.05) is 12.5 Å². The molecule has 0 unspecified atom stereocenters. The van der Waals surface area contributed by atoms with Gasteiger partial charge in [-0.25, -0.2) is 0 Å². The average molecular weight is 334 g/mol. The first-order chi connectivity index (χ1) is 11.0. The summed E-state index contributed by atoms with van der Waals surface area (Å²) < 4.78 is 10.4. The molecule has 0 atom stereocenters. The molecule has 2 rings (SSSR count). The highest BCUT2D eigenvalue weighted by Crippen LogP contribution is 2.35. The number of anilines is 1. The number of rotatable bonds is 6. The van der Waals surface area contributed by atoms with Gasteiger partial charge in [-0.3, -0.25) is 4.79 Å². The Morgan fingerprint density at radius 2 is 1.87 bits per heavy atom. The lowest BCUT2D eigenvalue weighted by molar-refractivity contribution is -0.116. The molecular weight excluding hydrogens is 314 g/mol. The van der Waals surface area contributed by atoms with E-state index in [1.165, 1.54) is 19.8 Å². The zero-order valence-electron chi connectivity index (χ0n) is 13.5. The van der Waals surface area contributed by atoms with Crippen LogP contribution in [0.1, 0.15) is 17.5 Å². The van der Waals surface area contributed by atoms with Gasteiger partial charge in [-0.1, -0.05) is 41.4 Å². The molecule has 0 aliphatic heterocycles. The second kappa shape index (κ2) is 7.88. The van der Waals surface area contributed by atoms with Crippen LogP contribution in [0.15, 0.2) is 36.4 Å². The molecule has 0 radical (unpaired) electrons. The maximum Gasteiger partial charge on any atom is 0.224 e. The van der Waals surface area contributed by atoms with E-state index in [1.807, 2.05) is 25.1 Å². The molecule has 0 heterocycles. The molecule has 1 amide bonds. The van der Waals surface area contributed by atoms with E-state index in [9.17, 15) is 4.79 Å². The van der Waals surface area contributed by atoms with E-state index in [1.54, 1.807) is 12.1 Å². The summed E-state index contributed by atoms with van der Waals surface area (Å²) in [6.07, 6.45) is 1.07. The number of aryl methyl sites for hydroxylation is 2. The smallest absolute Gasteiger partial charge is 0.224 e. The van der Waals surface area contributed by atoms with E-state index in [-0.39, 0.29) is 5.91 Å². The molecule has 0 aliphatic carbocycles. The second-order valence-electron chi connectivity index (χ2n) is 5.22. The maximum absolute atomic E-state index is 12.2. The largest absolute Gasteiger partial charge is 0.495 e. The van der Waals surface area contributed by atoms with Crippen LogP contribution in [0.3, 0.4) is 0 Å². The van der Waals surface area contributed by atoms with Gasteiger partial charge < -0.3 is 14.8 Å². The molecule has 0 fully saturated rings. The summed E-state index contributed by atoms with van der Waals surface area (Å²) >= 11 is 6.10. The van der Waals surface area contributed by atoms with E-state index >= 15 is 0 Å². The zero-order chi connectivity index (χ0) is 16.8. The molecular formula is C18H20ClNO3. The van der Waals surface area contributed by atoms with Crippen molar-refractivity contribution in [2.24, 2.45) is 0 Å². The average Bonchev–Trinajstić information content (AvgIpc) is 2.53. The highest BCUT2D eigenvalue weighted by molar-refractivity contribution is 6.32. The van der Waals surface area contributed by atoms with Gasteiger partial charge in [0.1, 0.15) is 11.5 Å². The van der Waals surface area contributed by atoms with E-state index in [4.69, 9.17) is 21.1 Å². The Labute approximate surface area is 141 Å². The minimum atomic E-state index is -0.0916. The predicted octanol–water partition coefficient (Wildman–Crippen LogP) is 4.24. The predicted molar refractivity (Wildman–Crippen MR) is 92.7 cm³/mol. The second-order valence-corrected chi connectivity index (χ2v) is 5.63. The fourth-order valence-corrected chi connectivity index (χ4v) is 2.54. The van der Waals surface area contributed by atoms with Gasteiger partial charge >= 0.3 is 0 Å². The van der Waals surface area contributed by atoms with Crippen molar-refractivity contribution in [1.29, 1.82) is 0 Å². The lowest BCUT2D eigenvalue weighted by Gasteiger charge is -2.13. The third kappa shape index (κ3) is 4.63. The molecule has 0 bridgehead atoms. The summed E-state index contributed by atoms with van der Waals surface area (Å²) in [5, 5.41) is 3.25. The number of ether oxygens (including phenoxy) is 2. The quantitative estimate of drug-likeness (QED) is 0.860. The SMILES string of the molecule is COc1cc(OC)c(NC(=O)CCc2cccc(C)c2)cc1Cl. The number of hydrogen-bond acceptors (Lipinski definition) is 3. The number of hydrogen-bond donors (Lipinski definition) is 1. The molecule has 4 nitrogen and oxygen atoms in total. The van der Waals surface area contributed by atoms with Crippen molar-refractivity contribution in [3.05, 3.63) is 52.5 Å². The first kappa shape index (κ1) is 17.2. The Hall–Kier alpha value is -2.20. The molecule has 23 heavy (non-hydrogen) atoms. The van der Waals surface area contributed by atoms with Crippen molar-refractivity contribution in [3.63, 3.8) is 0 Å². The van der Waals surface area contributed by atoms with Gasteiger partial charge in [0.15, 0.2) is 0 Å². The topological polar surface area (TPSA) is 47.6 Å². The minimum Gasteiger partial charge on any atom is -0.495 e. The summed E-state index contributed by atoms with van der Waals surface area (Å²) in [5.74, 6) is 0.919. The van der Waals surface area contributed by atoms with Gasteiger partial charge in [0.05, 0.1) is 24.9 Å². The van der Waals surface area contributed by atoms with Crippen molar-refractivity contribution < 1.29 is 14.3 Å². The first-order valence-electron chi connectivity index (χ1n) is 7.30. The number of benzene rings is 2. The molecule has 0 spiro atoms. The van der Waals surface area contributed by atoms with Gasteiger partial charge in [-0.2, -0.15) is 0 Å². The molecule has 2 aromatic carbocycles. The van der Waals surface area contributed by atoms with Crippen LogP contribution in [-0.4, -0.2) is 20.1 Å². The van der Waals surface area contributed by atoms with Gasteiger partial charge in [-0.05, 0) is 25.0 Å².